The van der Waals surface area contributed by atoms with Crippen molar-refractivity contribution in [1.29, 1.82) is 0 Å². The quantitative estimate of drug-likeness (QED) is 0.326. The molecule has 0 aromatic heterocycles. The van der Waals surface area contributed by atoms with Crippen molar-refractivity contribution in [2.45, 2.75) is 51.0 Å². The van der Waals surface area contributed by atoms with E-state index in [1.54, 1.807) is 43.3 Å². The second-order valence-corrected chi connectivity index (χ2v) is 9.45. The van der Waals surface area contributed by atoms with E-state index in [0.717, 1.165) is 37.7 Å². The molecule has 0 spiro atoms. The van der Waals surface area contributed by atoms with Crippen molar-refractivity contribution in [3.8, 4) is 5.75 Å². The molecule has 0 unspecified atom stereocenters. The maximum absolute atomic E-state index is 13.7. The van der Waals surface area contributed by atoms with E-state index >= 15 is 0 Å². The smallest absolute Gasteiger partial charge is 0.328 e. The summed E-state index contributed by atoms with van der Waals surface area (Å²) in [7, 11) is 0. The summed E-state index contributed by atoms with van der Waals surface area (Å²) in [6.45, 7) is 1.72. The van der Waals surface area contributed by atoms with Crippen LogP contribution in [0.25, 0.3) is 0 Å². The third kappa shape index (κ3) is 2.79. The maximum Gasteiger partial charge on any atom is 0.328 e. The molecule has 1 amide bonds. The van der Waals surface area contributed by atoms with Crippen molar-refractivity contribution in [3.63, 3.8) is 0 Å². The first-order valence-electron chi connectivity index (χ1n) is 10.8. The van der Waals surface area contributed by atoms with Crippen LogP contribution >= 0.6 is 11.6 Å². The fourth-order valence-electron chi connectivity index (χ4n) is 5.70. The molecule has 3 aliphatic rings. The van der Waals surface area contributed by atoms with Crippen LogP contribution in [0, 0.1) is 10.8 Å². The highest BCUT2D eigenvalue weighted by atomic mass is 35.5. The third-order valence-electron chi connectivity index (χ3n) is 7.38. The van der Waals surface area contributed by atoms with E-state index in [1.807, 2.05) is 12.1 Å². The Bertz CT molecular complexity index is 1080. The molecular formula is C25H24ClNO4. The number of esters is 1. The van der Waals surface area contributed by atoms with Gasteiger partial charge < -0.3 is 10.1 Å². The minimum Gasteiger partial charge on any atom is -0.425 e. The van der Waals surface area contributed by atoms with Gasteiger partial charge in [0.1, 0.15) is 5.75 Å². The normalized spacial score (nSPS) is 29.4. The summed E-state index contributed by atoms with van der Waals surface area (Å²) in [6.07, 6.45) is 5.04. The number of fused-ring (bicyclic) bond motifs is 3. The highest BCUT2D eigenvalue weighted by Crippen LogP contribution is 2.78. The van der Waals surface area contributed by atoms with Crippen LogP contribution in [-0.4, -0.2) is 23.7 Å². The van der Waals surface area contributed by atoms with Crippen LogP contribution < -0.4 is 10.1 Å². The van der Waals surface area contributed by atoms with E-state index < -0.39 is 28.6 Å². The molecule has 0 radical (unpaired) electrons. The van der Waals surface area contributed by atoms with Crippen LogP contribution in [0.5, 0.6) is 5.75 Å². The summed E-state index contributed by atoms with van der Waals surface area (Å²) >= 11 is 5.99. The average Bonchev–Trinajstić information content (AvgIpc) is 3.38. The molecular weight excluding hydrogens is 414 g/mol. The zero-order valence-corrected chi connectivity index (χ0v) is 18.1. The third-order valence-corrected chi connectivity index (χ3v) is 7.63. The molecule has 1 N–H and O–H groups in total. The number of Topliss-reactive ketones (excluding diaryl/α,β-unsaturated/α-hetero) is 1. The minimum atomic E-state index is -1.56. The zero-order chi connectivity index (χ0) is 21.8. The lowest BCUT2D eigenvalue weighted by atomic mass is 9.85. The van der Waals surface area contributed by atoms with Crippen molar-refractivity contribution in [1.82, 2.24) is 5.32 Å². The molecule has 2 fully saturated rings. The largest absolute Gasteiger partial charge is 0.425 e. The Morgan fingerprint density at radius 1 is 1.03 bits per heavy atom. The molecule has 1 aliphatic heterocycles. The highest BCUT2D eigenvalue weighted by Gasteiger charge is 2.88. The molecule has 0 bridgehead atoms. The van der Waals surface area contributed by atoms with Gasteiger partial charge in [-0.05, 0) is 50.1 Å². The van der Waals surface area contributed by atoms with Crippen molar-refractivity contribution in [3.05, 3.63) is 64.7 Å². The van der Waals surface area contributed by atoms with Gasteiger partial charge in [-0.15, -0.1) is 0 Å². The summed E-state index contributed by atoms with van der Waals surface area (Å²) in [5.41, 5.74) is -1.64. The number of benzene rings is 2. The van der Waals surface area contributed by atoms with Crippen LogP contribution in [0.4, 0.5) is 0 Å². The molecule has 6 heteroatoms. The molecule has 160 valence electrons. The Morgan fingerprint density at radius 2 is 1.71 bits per heavy atom. The van der Waals surface area contributed by atoms with E-state index in [9.17, 15) is 14.4 Å². The Hall–Kier alpha value is -2.66. The molecule has 1 heterocycles. The number of ketones is 1. The van der Waals surface area contributed by atoms with Gasteiger partial charge >= 0.3 is 5.97 Å². The minimum absolute atomic E-state index is 0.0247. The molecule has 2 aromatic rings. The second kappa shape index (κ2) is 7.20. The number of para-hydroxylation sites is 1. The Balaban J connectivity index is 1.59. The summed E-state index contributed by atoms with van der Waals surface area (Å²) in [5, 5.41) is 3.61. The van der Waals surface area contributed by atoms with E-state index in [-0.39, 0.29) is 11.8 Å². The standard InChI is InChI=1S/C25H24ClNO4/c1-24(21(28)15-11-13-16(26)14-12-15)20-18-9-5-6-10-19(18)31-23(30)25(20,24)22(29)27-17-7-3-2-4-8-17/h5-6,9-14,17,20H,2-4,7-8H2,1H3,(H,27,29)/t20-,24+,25-/m0/s1. The number of nitrogens with one attached hydrogen (secondary N) is 1. The van der Waals surface area contributed by atoms with Gasteiger partial charge in [0, 0.05) is 28.1 Å². The number of hydrogen-bond acceptors (Lipinski definition) is 4. The van der Waals surface area contributed by atoms with Gasteiger partial charge in [0.05, 0.1) is 5.41 Å². The van der Waals surface area contributed by atoms with E-state index in [2.05, 4.69) is 5.32 Å². The fraction of sp³-hybridized carbons (Fsp3) is 0.400. The monoisotopic (exact) mass is 437 g/mol. The van der Waals surface area contributed by atoms with Crippen LogP contribution in [0.1, 0.15) is 60.9 Å². The maximum atomic E-state index is 13.7. The molecule has 5 rings (SSSR count). The number of hydrogen-bond donors (Lipinski definition) is 1. The SMILES string of the molecule is C[C@]1(C(=O)c2ccc(Cl)cc2)[C@@H]2c3ccccc3OC(=O)[C@@]21C(=O)NC1CCCCC1. The highest BCUT2D eigenvalue weighted by molar-refractivity contribution is 6.30. The summed E-state index contributed by atoms with van der Waals surface area (Å²) in [5.74, 6) is -1.43. The molecule has 5 nitrogen and oxygen atoms in total. The Kier molecular flexibility index (Phi) is 4.70. The van der Waals surface area contributed by atoms with Crippen molar-refractivity contribution >= 4 is 29.3 Å². The number of amides is 1. The molecule has 2 aromatic carbocycles. The van der Waals surface area contributed by atoms with E-state index in [0.29, 0.717) is 16.3 Å². The van der Waals surface area contributed by atoms with E-state index in [1.165, 1.54) is 0 Å². The van der Waals surface area contributed by atoms with Gasteiger partial charge in [-0.2, -0.15) is 0 Å². The number of halogens is 1. The van der Waals surface area contributed by atoms with Crippen LogP contribution in [-0.2, 0) is 9.59 Å². The molecule has 3 atom stereocenters. The molecule has 31 heavy (non-hydrogen) atoms. The predicted octanol–water partition coefficient (Wildman–Crippen LogP) is 4.68. The average molecular weight is 438 g/mol. The lowest BCUT2D eigenvalue weighted by Gasteiger charge is -2.28. The number of rotatable bonds is 4. The first kappa shape index (κ1) is 20.3. The van der Waals surface area contributed by atoms with Crippen molar-refractivity contribution in [2.75, 3.05) is 0 Å². The van der Waals surface area contributed by atoms with Crippen molar-refractivity contribution in [2.24, 2.45) is 10.8 Å². The summed E-state index contributed by atoms with van der Waals surface area (Å²) < 4.78 is 5.63. The Morgan fingerprint density at radius 3 is 2.42 bits per heavy atom. The molecule has 0 saturated heterocycles. The predicted molar refractivity (Wildman–Crippen MR) is 116 cm³/mol. The summed E-state index contributed by atoms with van der Waals surface area (Å²) in [4.78, 5) is 40.8. The lowest BCUT2D eigenvalue weighted by Crippen LogP contribution is -2.49. The van der Waals surface area contributed by atoms with Crippen LogP contribution in [0.3, 0.4) is 0 Å². The Labute approximate surface area is 186 Å². The number of carbonyl (C=O) groups excluding carboxylic acids is 3. The molecule has 2 saturated carbocycles. The first-order valence-corrected chi connectivity index (χ1v) is 11.2. The first-order chi connectivity index (χ1) is 14.9. The van der Waals surface area contributed by atoms with Crippen molar-refractivity contribution < 1.29 is 19.1 Å². The second-order valence-electron chi connectivity index (χ2n) is 9.02. The molecule has 2 aliphatic carbocycles. The topological polar surface area (TPSA) is 72.5 Å². The van der Waals surface area contributed by atoms with Gasteiger partial charge in [-0.1, -0.05) is 49.1 Å². The fourth-order valence-corrected chi connectivity index (χ4v) is 5.83. The van der Waals surface area contributed by atoms with Gasteiger partial charge in [-0.3, -0.25) is 14.4 Å². The lowest BCUT2D eigenvalue weighted by molar-refractivity contribution is -0.149. The van der Waals surface area contributed by atoms with Gasteiger partial charge in [0.2, 0.25) is 5.91 Å². The zero-order valence-electron chi connectivity index (χ0n) is 17.3. The van der Waals surface area contributed by atoms with Crippen LogP contribution in [0.2, 0.25) is 5.02 Å². The van der Waals surface area contributed by atoms with Crippen LogP contribution in [0.15, 0.2) is 48.5 Å². The van der Waals surface area contributed by atoms with Gasteiger partial charge in [0.15, 0.2) is 11.2 Å². The number of ether oxygens (including phenoxy) is 1. The number of carbonyl (C=O) groups is 3. The van der Waals surface area contributed by atoms with E-state index in [4.69, 9.17) is 16.3 Å². The van der Waals surface area contributed by atoms with Gasteiger partial charge in [-0.25, -0.2) is 0 Å². The summed E-state index contributed by atoms with van der Waals surface area (Å²) in [6, 6.07) is 13.8. The van der Waals surface area contributed by atoms with Gasteiger partial charge in [0.25, 0.3) is 0 Å².